The van der Waals surface area contributed by atoms with Crippen LogP contribution in [0, 0.1) is 0 Å². The van der Waals surface area contributed by atoms with E-state index < -0.39 is 12.0 Å². The lowest BCUT2D eigenvalue weighted by Crippen LogP contribution is -2.35. The predicted molar refractivity (Wildman–Crippen MR) is 39.5 cm³/mol. The van der Waals surface area contributed by atoms with Crippen molar-refractivity contribution in [2.24, 2.45) is 5.73 Å². The molecule has 0 saturated carbocycles. The SMILES string of the molecule is CC(OC(C)(C)C)C(N)=O. The Labute approximate surface area is 61.5 Å². The van der Waals surface area contributed by atoms with Gasteiger partial charge < -0.3 is 10.5 Å². The Hall–Kier alpha value is -0.570. The Bertz CT molecular complexity index is 126. The lowest BCUT2D eigenvalue weighted by molar-refractivity contribution is -0.137. The third-order valence-electron chi connectivity index (χ3n) is 0.931. The number of amides is 1. The number of hydrogen-bond donors (Lipinski definition) is 1. The molecule has 0 heterocycles. The molecule has 0 fully saturated rings. The first kappa shape index (κ1) is 9.43. The van der Waals surface area contributed by atoms with Gasteiger partial charge in [-0.25, -0.2) is 0 Å². The fourth-order valence-corrected chi connectivity index (χ4v) is 0.588. The molecule has 0 bridgehead atoms. The minimum atomic E-state index is -0.500. The fourth-order valence-electron chi connectivity index (χ4n) is 0.588. The quantitative estimate of drug-likeness (QED) is 0.621. The molecular weight excluding hydrogens is 130 g/mol. The minimum Gasteiger partial charge on any atom is -0.367 e. The van der Waals surface area contributed by atoms with E-state index in [9.17, 15) is 4.79 Å². The van der Waals surface area contributed by atoms with Gasteiger partial charge in [-0.05, 0) is 27.7 Å². The smallest absolute Gasteiger partial charge is 0.246 e. The van der Waals surface area contributed by atoms with Crippen molar-refractivity contribution >= 4 is 5.91 Å². The van der Waals surface area contributed by atoms with Crippen LogP contribution in [0.15, 0.2) is 0 Å². The molecule has 0 rings (SSSR count). The van der Waals surface area contributed by atoms with E-state index in [1.165, 1.54) is 0 Å². The van der Waals surface area contributed by atoms with Gasteiger partial charge in [-0.1, -0.05) is 0 Å². The maximum atomic E-state index is 10.5. The molecule has 0 aliphatic carbocycles. The molecule has 0 aliphatic rings. The van der Waals surface area contributed by atoms with Crippen molar-refractivity contribution in [1.82, 2.24) is 0 Å². The Kier molecular flexibility index (Phi) is 2.84. The largest absolute Gasteiger partial charge is 0.367 e. The van der Waals surface area contributed by atoms with Gasteiger partial charge in [-0.15, -0.1) is 0 Å². The molecule has 0 spiro atoms. The van der Waals surface area contributed by atoms with E-state index >= 15 is 0 Å². The summed E-state index contributed by atoms with van der Waals surface area (Å²) in [5.74, 6) is -0.421. The van der Waals surface area contributed by atoms with Crippen molar-refractivity contribution in [1.29, 1.82) is 0 Å². The second-order valence-electron chi connectivity index (χ2n) is 3.27. The van der Waals surface area contributed by atoms with E-state index in [-0.39, 0.29) is 5.60 Å². The molecule has 0 aromatic heterocycles. The number of carbonyl (C=O) groups excluding carboxylic acids is 1. The zero-order valence-corrected chi connectivity index (χ0v) is 6.97. The Morgan fingerprint density at radius 3 is 2.00 bits per heavy atom. The monoisotopic (exact) mass is 145 g/mol. The molecule has 0 aromatic carbocycles. The van der Waals surface area contributed by atoms with Crippen molar-refractivity contribution in [3.05, 3.63) is 0 Å². The summed E-state index contributed by atoms with van der Waals surface area (Å²) >= 11 is 0. The highest BCUT2D eigenvalue weighted by Gasteiger charge is 2.18. The van der Waals surface area contributed by atoms with Gasteiger partial charge in [0.15, 0.2) is 0 Å². The molecule has 60 valence electrons. The van der Waals surface area contributed by atoms with E-state index in [0.717, 1.165) is 0 Å². The highest BCUT2D eigenvalue weighted by atomic mass is 16.5. The van der Waals surface area contributed by atoms with Crippen LogP contribution in [0.5, 0.6) is 0 Å². The van der Waals surface area contributed by atoms with Gasteiger partial charge >= 0.3 is 0 Å². The van der Waals surface area contributed by atoms with Crippen LogP contribution in [0.2, 0.25) is 0 Å². The standard InChI is InChI=1S/C7H15NO2/c1-5(6(8)9)10-7(2,3)4/h5H,1-4H3,(H2,8,9). The number of nitrogens with two attached hydrogens (primary N) is 1. The van der Waals surface area contributed by atoms with Gasteiger partial charge in [0.05, 0.1) is 5.60 Å². The van der Waals surface area contributed by atoms with Crippen LogP contribution >= 0.6 is 0 Å². The zero-order chi connectivity index (χ0) is 8.36. The van der Waals surface area contributed by atoms with Gasteiger partial charge in [0, 0.05) is 0 Å². The Morgan fingerprint density at radius 2 is 1.90 bits per heavy atom. The summed E-state index contributed by atoms with van der Waals surface area (Å²) in [6.45, 7) is 7.29. The molecule has 0 saturated heterocycles. The highest BCUT2D eigenvalue weighted by molar-refractivity contribution is 5.78. The zero-order valence-electron chi connectivity index (χ0n) is 6.97. The van der Waals surface area contributed by atoms with Crippen molar-refractivity contribution in [3.63, 3.8) is 0 Å². The molecule has 3 nitrogen and oxygen atoms in total. The predicted octanol–water partition coefficient (Wildman–Crippen LogP) is 0.675. The highest BCUT2D eigenvalue weighted by Crippen LogP contribution is 2.09. The lowest BCUT2D eigenvalue weighted by atomic mass is 10.2. The number of primary amides is 1. The number of carbonyl (C=O) groups is 1. The van der Waals surface area contributed by atoms with Crippen LogP contribution in [-0.4, -0.2) is 17.6 Å². The third kappa shape index (κ3) is 4.32. The molecule has 0 radical (unpaired) electrons. The number of ether oxygens (including phenoxy) is 1. The summed E-state index contributed by atoms with van der Waals surface area (Å²) in [4.78, 5) is 10.5. The summed E-state index contributed by atoms with van der Waals surface area (Å²) in [6.07, 6.45) is -0.500. The molecule has 1 atom stereocenters. The molecule has 1 amide bonds. The van der Waals surface area contributed by atoms with Crippen LogP contribution in [0.3, 0.4) is 0 Å². The average molecular weight is 145 g/mol. The summed E-state index contributed by atoms with van der Waals surface area (Å²) in [5.41, 5.74) is 4.68. The maximum absolute atomic E-state index is 10.5. The van der Waals surface area contributed by atoms with Crippen LogP contribution in [0.4, 0.5) is 0 Å². The molecule has 0 aliphatic heterocycles. The maximum Gasteiger partial charge on any atom is 0.246 e. The first-order valence-corrected chi connectivity index (χ1v) is 3.30. The number of rotatable bonds is 2. The number of hydrogen-bond acceptors (Lipinski definition) is 2. The topological polar surface area (TPSA) is 52.3 Å². The molecule has 0 aromatic rings. The third-order valence-corrected chi connectivity index (χ3v) is 0.931. The summed E-state index contributed by atoms with van der Waals surface area (Å²) in [7, 11) is 0. The second-order valence-corrected chi connectivity index (χ2v) is 3.27. The van der Waals surface area contributed by atoms with Crippen LogP contribution in [-0.2, 0) is 9.53 Å². The van der Waals surface area contributed by atoms with E-state index in [1.807, 2.05) is 20.8 Å². The normalized spacial score (nSPS) is 14.8. The molecule has 2 N–H and O–H groups in total. The van der Waals surface area contributed by atoms with E-state index in [4.69, 9.17) is 10.5 Å². The van der Waals surface area contributed by atoms with E-state index in [2.05, 4.69) is 0 Å². The second kappa shape index (κ2) is 3.01. The van der Waals surface area contributed by atoms with E-state index in [1.54, 1.807) is 6.92 Å². The summed E-state index contributed by atoms with van der Waals surface area (Å²) in [6, 6.07) is 0. The molecule has 10 heavy (non-hydrogen) atoms. The lowest BCUT2D eigenvalue weighted by Gasteiger charge is -2.22. The van der Waals surface area contributed by atoms with Gasteiger partial charge in [0.1, 0.15) is 6.10 Å². The van der Waals surface area contributed by atoms with Gasteiger partial charge in [-0.2, -0.15) is 0 Å². The minimum absolute atomic E-state index is 0.297. The first-order valence-electron chi connectivity index (χ1n) is 3.30. The Balaban J connectivity index is 3.80. The Morgan fingerprint density at radius 1 is 1.50 bits per heavy atom. The summed E-state index contributed by atoms with van der Waals surface area (Å²) in [5, 5.41) is 0. The van der Waals surface area contributed by atoms with Crippen molar-refractivity contribution in [3.8, 4) is 0 Å². The molecule has 1 unspecified atom stereocenters. The van der Waals surface area contributed by atoms with Gasteiger partial charge in [0.2, 0.25) is 5.91 Å². The van der Waals surface area contributed by atoms with Gasteiger partial charge in [-0.3, -0.25) is 4.79 Å². The van der Waals surface area contributed by atoms with Crippen LogP contribution in [0.25, 0.3) is 0 Å². The molecular formula is C7H15NO2. The van der Waals surface area contributed by atoms with Gasteiger partial charge in [0.25, 0.3) is 0 Å². The fraction of sp³-hybridized carbons (Fsp3) is 0.857. The van der Waals surface area contributed by atoms with E-state index in [0.29, 0.717) is 0 Å². The van der Waals surface area contributed by atoms with Crippen LogP contribution < -0.4 is 5.73 Å². The van der Waals surface area contributed by atoms with Crippen LogP contribution in [0.1, 0.15) is 27.7 Å². The van der Waals surface area contributed by atoms with Crippen molar-refractivity contribution < 1.29 is 9.53 Å². The summed E-state index contributed by atoms with van der Waals surface area (Å²) < 4.78 is 5.22. The molecule has 3 heteroatoms. The average Bonchev–Trinajstić information content (AvgIpc) is 1.60. The van der Waals surface area contributed by atoms with Crippen molar-refractivity contribution in [2.45, 2.75) is 39.4 Å². The van der Waals surface area contributed by atoms with Crippen molar-refractivity contribution in [2.75, 3.05) is 0 Å². The first-order chi connectivity index (χ1) is 4.33.